The number of aromatic nitrogens is 3. The van der Waals surface area contributed by atoms with Crippen LogP contribution in [0, 0.1) is 19.7 Å². The minimum absolute atomic E-state index is 0.296. The monoisotopic (exact) mass is 290 g/mol. The maximum atomic E-state index is 13.6. The lowest BCUT2D eigenvalue weighted by Crippen LogP contribution is -1.88. The second-order valence-corrected chi connectivity index (χ2v) is 5.20. The highest BCUT2D eigenvalue weighted by Crippen LogP contribution is 2.32. The first-order valence-corrected chi connectivity index (χ1v) is 6.66. The minimum Gasteiger partial charge on any atom is -0.389 e. The Morgan fingerprint density at radius 3 is 2.75 bits per heavy atom. The highest BCUT2D eigenvalue weighted by Gasteiger charge is 2.18. The quantitative estimate of drug-likeness (QED) is 0.784. The molecule has 2 aromatic heterocycles. The number of hydrogen-bond acceptors (Lipinski definition) is 6. The van der Waals surface area contributed by atoms with Crippen LogP contribution in [0.15, 0.2) is 22.7 Å². The molecule has 1 aromatic carbocycles. The zero-order valence-corrected chi connectivity index (χ0v) is 11.7. The number of rotatable bonds is 2. The summed E-state index contributed by atoms with van der Waals surface area (Å²) in [4.78, 5) is 4.26. The Bertz CT molecular complexity index is 761. The van der Waals surface area contributed by atoms with E-state index in [-0.39, 0.29) is 5.82 Å². The maximum Gasteiger partial charge on any atom is 0.263 e. The number of anilines is 1. The van der Waals surface area contributed by atoms with E-state index in [1.165, 1.54) is 17.6 Å². The lowest BCUT2D eigenvalue weighted by molar-refractivity contribution is 0.432. The van der Waals surface area contributed by atoms with Crippen molar-refractivity contribution in [2.24, 2.45) is 0 Å². The predicted molar refractivity (Wildman–Crippen MR) is 74.7 cm³/mol. The van der Waals surface area contributed by atoms with Gasteiger partial charge in [0.25, 0.3) is 5.89 Å². The van der Waals surface area contributed by atoms with Gasteiger partial charge in [-0.15, -0.1) is 0 Å². The van der Waals surface area contributed by atoms with E-state index in [1.807, 2.05) is 6.92 Å². The molecular formula is C13H11FN4OS. The third-order valence-corrected chi connectivity index (χ3v) is 3.73. The zero-order chi connectivity index (χ0) is 14.3. The highest BCUT2D eigenvalue weighted by molar-refractivity contribution is 7.10. The van der Waals surface area contributed by atoms with Crippen molar-refractivity contribution in [3.8, 4) is 22.8 Å². The largest absolute Gasteiger partial charge is 0.389 e. The molecule has 3 rings (SSSR count). The van der Waals surface area contributed by atoms with Gasteiger partial charge in [0.05, 0.1) is 11.3 Å². The molecule has 3 aromatic rings. The Hall–Kier alpha value is -2.28. The van der Waals surface area contributed by atoms with Gasteiger partial charge in [-0.3, -0.25) is 0 Å². The van der Waals surface area contributed by atoms with Crippen LogP contribution in [-0.2, 0) is 0 Å². The van der Waals surface area contributed by atoms with Crippen molar-refractivity contribution >= 4 is 16.5 Å². The number of nitrogens with zero attached hydrogens (tertiary/aromatic N) is 3. The van der Waals surface area contributed by atoms with Gasteiger partial charge in [-0.1, -0.05) is 17.3 Å². The SMILES string of the molecule is Cc1ccc(-c2noc(-c3c(C)nsc3N)n2)cc1F. The average Bonchev–Trinajstić information content (AvgIpc) is 3.00. The van der Waals surface area contributed by atoms with Crippen LogP contribution in [0.5, 0.6) is 0 Å². The Kier molecular flexibility index (Phi) is 2.98. The summed E-state index contributed by atoms with van der Waals surface area (Å²) < 4.78 is 22.9. The van der Waals surface area contributed by atoms with Crippen molar-refractivity contribution in [2.45, 2.75) is 13.8 Å². The van der Waals surface area contributed by atoms with Crippen molar-refractivity contribution < 1.29 is 8.91 Å². The van der Waals surface area contributed by atoms with Gasteiger partial charge in [-0.25, -0.2) is 4.39 Å². The molecule has 7 heteroatoms. The number of nitrogens with two attached hydrogens (primary N) is 1. The summed E-state index contributed by atoms with van der Waals surface area (Å²) in [5.74, 6) is 0.315. The second-order valence-electron chi connectivity index (χ2n) is 4.39. The molecule has 0 bridgehead atoms. The molecule has 2 N–H and O–H groups in total. The van der Waals surface area contributed by atoms with Crippen molar-refractivity contribution in [3.05, 3.63) is 35.3 Å². The van der Waals surface area contributed by atoms with E-state index in [0.717, 1.165) is 5.69 Å². The first-order chi connectivity index (χ1) is 9.56. The third-order valence-electron chi connectivity index (χ3n) is 2.96. The van der Waals surface area contributed by atoms with E-state index in [9.17, 15) is 4.39 Å². The van der Waals surface area contributed by atoms with Crippen LogP contribution in [0.4, 0.5) is 9.39 Å². The smallest absolute Gasteiger partial charge is 0.263 e. The van der Waals surface area contributed by atoms with Crippen molar-refractivity contribution in [2.75, 3.05) is 5.73 Å². The minimum atomic E-state index is -0.304. The van der Waals surface area contributed by atoms with E-state index in [2.05, 4.69) is 14.5 Å². The van der Waals surface area contributed by atoms with Gasteiger partial charge in [-0.05, 0) is 37.0 Å². The Labute approximate surface area is 118 Å². The van der Waals surface area contributed by atoms with Gasteiger partial charge in [0.1, 0.15) is 10.8 Å². The molecule has 0 unspecified atom stereocenters. The molecule has 0 aliphatic rings. The molecular weight excluding hydrogens is 279 g/mol. The summed E-state index contributed by atoms with van der Waals surface area (Å²) in [6, 6.07) is 4.80. The highest BCUT2D eigenvalue weighted by atomic mass is 32.1. The van der Waals surface area contributed by atoms with E-state index in [1.54, 1.807) is 19.1 Å². The fraction of sp³-hybridized carbons (Fsp3) is 0.154. The van der Waals surface area contributed by atoms with Gasteiger partial charge in [0, 0.05) is 5.56 Å². The number of nitrogen functional groups attached to an aromatic ring is 1. The average molecular weight is 290 g/mol. The molecule has 0 saturated carbocycles. The molecule has 102 valence electrons. The predicted octanol–water partition coefficient (Wildman–Crippen LogP) is 3.20. The molecule has 0 aliphatic carbocycles. The topological polar surface area (TPSA) is 77.8 Å². The van der Waals surface area contributed by atoms with Gasteiger partial charge in [-0.2, -0.15) is 9.36 Å². The van der Waals surface area contributed by atoms with Gasteiger partial charge < -0.3 is 10.3 Å². The Morgan fingerprint density at radius 2 is 2.10 bits per heavy atom. The molecule has 0 saturated heterocycles. The van der Waals surface area contributed by atoms with E-state index < -0.39 is 0 Å². The lowest BCUT2D eigenvalue weighted by atomic mass is 10.1. The molecule has 0 atom stereocenters. The number of hydrogen-bond donors (Lipinski definition) is 1. The van der Waals surface area contributed by atoms with Crippen molar-refractivity contribution in [1.82, 2.24) is 14.5 Å². The second kappa shape index (κ2) is 4.68. The van der Waals surface area contributed by atoms with Crippen LogP contribution in [0.1, 0.15) is 11.3 Å². The normalized spacial score (nSPS) is 10.9. The van der Waals surface area contributed by atoms with Crippen molar-refractivity contribution in [1.29, 1.82) is 0 Å². The first kappa shape index (κ1) is 12.7. The van der Waals surface area contributed by atoms with Crippen molar-refractivity contribution in [3.63, 3.8) is 0 Å². The summed E-state index contributed by atoms with van der Waals surface area (Å²) in [5.41, 5.74) is 8.33. The molecule has 0 spiro atoms. The zero-order valence-electron chi connectivity index (χ0n) is 10.8. The summed E-state index contributed by atoms with van der Waals surface area (Å²) in [5, 5.41) is 4.39. The summed E-state index contributed by atoms with van der Waals surface area (Å²) >= 11 is 1.18. The van der Waals surface area contributed by atoms with Gasteiger partial charge in [0.2, 0.25) is 5.82 Å². The van der Waals surface area contributed by atoms with Gasteiger partial charge >= 0.3 is 0 Å². The number of benzene rings is 1. The number of aryl methyl sites for hydroxylation is 2. The van der Waals surface area contributed by atoms with Crippen LogP contribution >= 0.6 is 11.5 Å². The summed E-state index contributed by atoms with van der Waals surface area (Å²) in [6.45, 7) is 3.51. The molecule has 0 amide bonds. The third kappa shape index (κ3) is 2.05. The van der Waals surface area contributed by atoms with Crippen LogP contribution in [0.2, 0.25) is 0 Å². The van der Waals surface area contributed by atoms with Crippen LogP contribution in [0.25, 0.3) is 22.8 Å². The van der Waals surface area contributed by atoms with Crippen LogP contribution < -0.4 is 5.73 Å². The van der Waals surface area contributed by atoms with Gasteiger partial charge in [0.15, 0.2) is 0 Å². The Morgan fingerprint density at radius 1 is 1.30 bits per heavy atom. The molecule has 0 aliphatic heterocycles. The van der Waals surface area contributed by atoms with E-state index in [4.69, 9.17) is 10.3 Å². The van der Waals surface area contributed by atoms with Crippen LogP contribution in [-0.4, -0.2) is 14.5 Å². The van der Waals surface area contributed by atoms with E-state index in [0.29, 0.717) is 33.4 Å². The Balaban J connectivity index is 2.04. The standard InChI is InChI=1S/C13H11FN4OS/c1-6-3-4-8(5-9(6)14)12-16-13(19-17-12)10-7(2)18-20-11(10)15/h3-5H,15H2,1-2H3. The first-order valence-electron chi connectivity index (χ1n) is 5.88. The lowest BCUT2D eigenvalue weighted by Gasteiger charge is -1.97. The molecule has 0 radical (unpaired) electrons. The fourth-order valence-electron chi connectivity index (χ4n) is 1.82. The van der Waals surface area contributed by atoms with Crippen LogP contribution in [0.3, 0.4) is 0 Å². The summed E-state index contributed by atoms with van der Waals surface area (Å²) in [7, 11) is 0. The molecule has 0 fully saturated rings. The molecule has 20 heavy (non-hydrogen) atoms. The number of halogens is 1. The molecule has 5 nitrogen and oxygen atoms in total. The molecule has 2 heterocycles. The van der Waals surface area contributed by atoms with E-state index >= 15 is 0 Å². The fourth-order valence-corrected chi connectivity index (χ4v) is 2.47. The summed E-state index contributed by atoms with van der Waals surface area (Å²) in [6.07, 6.45) is 0. The maximum absolute atomic E-state index is 13.6.